The molecule has 18 aromatic rings. The minimum absolute atomic E-state index is 0.154. The highest BCUT2D eigenvalue weighted by molar-refractivity contribution is 5.96. The van der Waals surface area contributed by atoms with Crippen LogP contribution in [-0.4, -0.2) is 17.9 Å². The molecule has 3 aliphatic carbocycles. The van der Waals surface area contributed by atoms with Crippen molar-refractivity contribution in [1.29, 1.82) is 0 Å². The molecule has 0 radical (unpaired) electrons. The van der Waals surface area contributed by atoms with Gasteiger partial charge >= 0.3 is 17.9 Å². The number of hydrogen-bond donors (Lipinski definition) is 0. The second kappa shape index (κ2) is 34.0. The molecule has 0 bridgehead atoms. The van der Waals surface area contributed by atoms with E-state index < -0.39 is 17.9 Å². The second-order valence-electron chi connectivity index (χ2n) is 36.9. The lowest BCUT2D eigenvalue weighted by Crippen LogP contribution is -2.16. The Hall–Kier alpha value is -16.2. The van der Waals surface area contributed by atoms with E-state index in [0.717, 1.165) is 101 Å². The molecular weight excluding hydrogens is 1630 g/mol. The molecule has 3 aliphatic rings. The standard InChI is InChI=1S/C124H97N3O6/c1-79-19-16-22-97(73-79)125(100-61-70-109-106-25-10-13-28-112(106)122(4,5)115(109)76-100)94-55-43-85(44-56-94)82-31-37-91(38-32-82)119(128)131-103-64-49-88(50-65-103)118(89-51-66-104(67-52-89)132-120(129)92-39-33-83(34-40-92)86-45-57-95(58-46-86)126(98-23-17-20-80(2)74-98)101-62-71-110-107-26-11-14-29-113(107)123(6,7)116(110)77-101)90-53-68-105(69-54-90)133-121(130)93-41-35-84(36-42-93)87-47-59-96(60-48-87)127(99-24-18-21-81(3)75-99)102-63-72-111-108-27-12-15-30-114(108)124(8,9)117(111)78-102/h10-78,118H,1-9H3. The maximum Gasteiger partial charge on any atom is 0.343 e. The van der Waals surface area contributed by atoms with Gasteiger partial charge in [0, 0.05) is 73.3 Å². The van der Waals surface area contributed by atoms with Gasteiger partial charge in [0.1, 0.15) is 17.2 Å². The average molecular weight is 1730 g/mol. The first-order valence-corrected chi connectivity index (χ1v) is 45.5. The molecule has 0 spiro atoms. The van der Waals surface area contributed by atoms with E-state index in [1.54, 1.807) is 72.8 Å². The lowest BCUT2D eigenvalue weighted by atomic mass is 9.82. The Morgan fingerprint density at radius 2 is 0.429 bits per heavy atom. The summed E-state index contributed by atoms with van der Waals surface area (Å²) >= 11 is 0. The third-order valence-electron chi connectivity index (χ3n) is 27.3. The van der Waals surface area contributed by atoms with Crippen LogP contribution in [0.2, 0.25) is 0 Å². The van der Waals surface area contributed by atoms with Crippen LogP contribution in [0.25, 0.3) is 66.8 Å². The molecule has 0 saturated heterocycles. The maximum absolute atomic E-state index is 14.1. The number of anilines is 9. The van der Waals surface area contributed by atoms with Crippen LogP contribution in [0.1, 0.15) is 145 Å². The minimum atomic E-state index is -0.494. The quantitative estimate of drug-likeness (QED) is 0.0396. The molecule has 0 aromatic heterocycles. The summed E-state index contributed by atoms with van der Waals surface area (Å²) in [4.78, 5) is 49.3. The molecule has 9 heteroatoms. The molecule has 0 fully saturated rings. The third-order valence-corrected chi connectivity index (χ3v) is 27.3. The topological polar surface area (TPSA) is 88.6 Å². The van der Waals surface area contributed by atoms with Crippen LogP contribution in [-0.2, 0) is 16.2 Å². The van der Waals surface area contributed by atoms with Gasteiger partial charge in [0.25, 0.3) is 0 Å². The Labute approximate surface area is 777 Å². The SMILES string of the molecule is Cc1cccc(N(c2ccc(-c3ccc(C(=O)Oc4ccc(C(c5ccc(OC(=O)c6ccc(-c7ccc(N(c8cccc(C)c8)c8ccc9c(c8)C(C)(C)c8ccccc8-9)cc7)cc6)cc5)c5ccc(OC(=O)c6ccc(-c7ccc(N(c8cccc(C)c8)c8ccc9c(c8)C(C)(C)c8ccccc8-9)cc7)cc6)cc5)cc4)cc3)cc2)c2ccc3c(c2)C(C)(C)c2ccccc2-3)c1. The first-order chi connectivity index (χ1) is 64.6. The molecular formula is C124H97N3O6. The van der Waals surface area contributed by atoms with Gasteiger partial charge in [0.05, 0.1) is 16.7 Å². The molecule has 0 unspecified atom stereocenters. The van der Waals surface area contributed by atoms with Gasteiger partial charge in [-0.1, -0.05) is 278 Å². The normalized spacial score (nSPS) is 13.0. The largest absolute Gasteiger partial charge is 0.423 e. The Balaban J connectivity index is 0.513. The summed E-state index contributed by atoms with van der Waals surface area (Å²) in [5.41, 5.74) is 38.0. The van der Waals surface area contributed by atoms with E-state index in [1.165, 1.54) is 83.5 Å². The van der Waals surface area contributed by atoms with Crippen LogP contribution >= 0.6 is 0 Å². The Bertz CT molecular complexity index is 6830. The first kappa shape index (κ1) is 83.7. The van der Waals surface area contributed by atoms with E-state index in [9.17, 15) is 14.4 Å². The van der Waals surface area contributed by atoms with Crippen LogP contribution < -0.4 is 28.9 Å². The number of ether oxygens (including phenoxy) is 3. The van der Waals surface area contributed by atoms with Gasteiger partial charge in [-0.25, -0.2) is 14.4 Å². The summed E-state index contributed by atoms with van der Waals surface area (Å²) in [6.07, 6.45) is 0. The average Bonchev–Trinajstić information content (AvgIpc) is 1.59. The fourth-order valence-corrected chi connectivity index (χ4v) is 20.2. The number of carbonyl (C=O) groups excluding carboxylic acids is 3. The monoisotopic (exact) mass is 1720 g/mol. The van der Waals surface area contributed by atoms with Crippen molar-refractivity contribution in [2.75, 3.05) is 14.7 Å². The summed E-state index contributed by atoms with van der Waals surface area (Å²) in [5.74, 6) is -0.757. The smallest absolute Gasteiger partial charge is 0.343 e. The Morgan fingerprint density at radius 3 is 0.677 bits per heavy atom. The van der Waals surface area contributed by atoms with E-state index in [-0.39, 0.29) is 22.2 Å². The summed E-state index contributed by atoms with van der Waals surface area (Å²) in [6.45, 7) is 20.3. The van der Waals surface area contributed by atoms with Gasteiger partial charge in [0.15, 0.2) is 0 Å². The molecule has 0 N–H and O–H groups in total. The number of fused-ring (bicyclic) bond motifs is 9. The first-order valence-electron chi connectivity index (χ1n) is 45.5. The van der Waals surface area contributed by atoms with Crippen molar-refractivity contribution in [3.63, 3.8) is 0 Å². The van der Waals surface area contributed by atoms with Crippen LogP contribution in [0.4, 0.5) is 51.2 Å². The van der Waals surface area contributed by atoms with Crippen molar-refractivity contribution in [2.45, 2.75) is 84.5 Å². The maximum atomic E-state index is 14.1. The molecule has 0 aliphatic heterocycles. The zero-order valence-electron chi connectivity index (χ0n) is 75.7. The lowest BCUT2D eigenvalue weighted by Gasteiger charge is -2.28. The van der Waals surface area contributed by atoms with Crippen molar-refractivity contribution in [3.8, 4) is 84.0 Å². The molecule has 0 saturated carbocycles. The highest BCUT2D eigenvalue weighted by Gasteiger charge is 2.39. The number of rotatable bonds is 21. The van der Waals surface area contributed by atoms with E-state index >= 15 is 0 Å². The molecule has 133 heavy (non-hydrogen) atoms. The molecule has 21 rings (SSSR count). The molecule has 0 atom stereocenters. The lowest BCUT2D eigenvalue weighted by molar-refractivity contribution is 0.0725. The van der Waals surface area contributed by atoms with Crippen molar-refractivity contribution in [1.82, 2.24) is 0 Å². The summed E-state index contributed by atoms with van der Waals surface area (Å²) < 4.78 is 18.3. The van der Waals surface area contributed by atoms with Crippen LogP contribution in [0.3, 0.4) is 0 Å². The highest BCUT2D eigenvalue weighted by Crippen LogP contribution is 2.55. The van der Waals surface area contributed by atoms with Gasteiger partial charge in [-0.15, -0.1) is 0 Å². The minimum Gasteiger partial charge on any atom is -0.423 e. The number of nitrogens with zero attached hydrogens (tertiary/aromatic N) is 3. The summed E-state index contributed by atoms with van der Waals surface area (Å²) in [7, 11) is 0. The number of hydrogen-bond acceptors (Lipinski definition) is 9. The predicted molar refractivity (Wildman–Crippen MR) is 542 cm³/mol. The zero-order chi connectivity index (χ0) is 91.0. The molecule has 18 aromatic carbocycles. The van der Waals surface area contributed by atoms with Gasteiger partial charge < -0.3 is 28.9 Å². The van der Waals surface area contributed by atoms with Gasteiger partial charge in [0.2, 0.25) is 0 Å². The van der Waals surface area contributed by atoms with E-state index in [2.05, 4.69) is 350 Å². The van der Waals surface area contributed by atoms with Crippen molar-refractivity contribution < 1.29 is 28.6 Å². The number of esters is 3. The highest BCUT2D eigenvalue weighted by atomic mass is 16.5. The van der Waals surface area contributed by atoms with Crippen molar-refractivity contribution in [3.05, 3.63) is 502 Å². The van der Waals surface area contributed by atoms with Crippen LogP contribution in [0.15, 0.2) is 419 Å². The zero-order valence-corrected chi connectivity index (χ0v) is 75.7. The molecule has 9 nitrogen and oxygen atoms in total. The molecule has 0 heterocycles. The molecule has 644 valence electrons. The number of aryl methyl sites for hydroxylation is 3. The Kier molecular flexibility index (Phi) is 21.4. The van der Waals surface area contributed by atoms with E-state index in [4.69, 9.17) is 14.2 Å². The number of benzene rings is 18. The molecule has 0 amide bonds. The van der Waals surface area contributed by atoms with Crippen molar-refractivity contribution in [2.24, 2.45) is 0 Å². The second-order valence-corrected chi connectivity index (χ2v) is 36.9. The number of carbonyl (C=O) groups is 3. The van der Waals surface area contributed by atoms with Crippen LogP contribution in [0, 0.1) is 20.8 Å². The predicted octanol–water partition coefficient (Wildman–Crippen LogP) is 31.8. The Morgan fingerprint density at radius 1 is 0.211 bits per heavy atom. The summed E-state index contributed by atoms with van der Waals surface area (Å²) in [5, 5.41) is 0. The van der Waals surface area contributed by atoms with Crippen molar-refractivity contribution >= 4 is 69.1 Å². The van der Waals surface area contributed by atoms with Crippen LogP contribution in [0.5, 0.6) is 17.2 Å². The van der Waals surface area contributed by atoms with E-state index in [1.807, 2.05) is 72.8 Å². The third kappa shape index (κ3) is 15.8. The summed E-state index contributed by atoms with van der Waals surface area (Å²) in [6, 6.07) is 143. The van der Waals surface area contributed by atoms with Gasteiger partial charge in [-0.3, -0.25) is 0 Å². The van der Waals surface area contributed by atoms with E-state index in [0.29, 0.717) is 33.9 Å². The van der Waals surface area contributed by atoms with Gasteiger partial charge in [-0.05, 0) is 336 Å². The fourth-order valence-electron chi connectivity index (χ4n) is 20.2. The van der Waals surface area contributed by atoms with Gasteiger partial charge in [-0.2, -0.15) is 0 Å². The fraction of sp³-hybridized carbons (Fsp3) is 0.105.